The molecule has 1 aromatic carbocycles. The van der Waals surface area contributed by atoms with Crippen LogP contribution in [0.15, 0.2) is 24.3 Å². The van der Waals surface area contributed by atoms with Crippen molar-refractivity contribution in [1.82, 2.24) is 9.55 Å². The highest BCUT2D eigenvalue weighted by Crippen LogP contribution is 2.48. The van der Waals surface area contributed by atoms with Crippen LogP contribution < -0.4 is 0 Å². The van der Waals surface area contributed by atoms with Gasteiger partial charge >= 0.3 is 17.9 Å². The summed E-state index contributed by atoms with van der Waals surface area (Å²) in [6.07, 6.45) is 1.77. The highest BCUT2D eigenvalue weighted by Gasteiger charge is 2.64. The van der Waals surface area contributed by atoms with Crippen molar-refractivity contribution in [2.45, 2.75) is 93.0 Å². The first-order valence-electron chi connectivity index (χ1n) is 13.9. The van der Waals surface area contributed by atoms with Crippen LogP contribution in [0.25, 0.3) is 0 Å². The summed E-state index contributed by atoms with van der Waals surface area (Å²) in [6, 6.07) is 8.20. The number of ether oxygens (including phenoxy) is 3. The Kier molecular flexibility index (Phi) is 11.5. The quantitative estimate of drug-likeness (QED) is 0.229. The first kappa shape index (κ1) is 31.1. The Morgan fingerprint density at radius 1 is 0.947 bits per heavy atom. The molecule has 8 nitrogen and oxygen atoms in total. The molecule has 2 aromatic rings. The Morgan fingerprint density at radius 3 is 1.89 bits per heavy atom. The van der Waals surface area contributed by atoms with Crippen molar-refractivity contribution in [3.63, 3.8) is 0 Å². The van der Waals surface area contributed by atoms with Gasteiger partial charge in [0.15, 0.2) is 0 Å². The number of hydrogen-bond acceptors (Lipinski definition) is 7. The minimum Gasteiger partial charge on any atom is -0.465 e. The molecule has 8 heteroatoms. The predicted molar refractivity (Wildman–Crippen MR) is 146 cm³/mol. The number of carbonyl (C=O) groups is 3. The number of aromatic nitrogens is 2. The summed E-state index contributed by atoms with van der Waals surface area (Å²) in [4.78, 5) is 45.8. The van der Waals surface area contributed by atoms with E-state index in [1.807, 2.05) is 32.9 Å². The predicted octanol–water partition coefficient (Wildman–Crippen LogP) is 5.49. The van der Waals surface area contributed by atoms with Crippen LogP contribution in [0.2, 0.25) is 0 Å². The molecule has 0 fully saturated rings. The van der Waals surface area contributed by atoms with Gasteiger partial charge in [0.1, 0.15) is 5.82 Å². The molecule has 1 unspecified atom stereocenters. The lowest BCUT2D eigenvalue weighted by atomic mass is 9.68. The van der Waals surface area contributed by atoms with Gasteiger partial charge in [-0.1, -0.05) is 57.5 Å². The molecular weight excluding hydrogens is 484 g/mol. The number of nitrogens with zero attached hydrogens (tertiary/aromatic N) is 2. The third-order valence-electron chi connectivity index (χ3n) is 6.64. The summed E-state index contributed by atoms with van der Waals surface area (Å²) in [6.45, 7) is 15.6. The maximum atomic E-state index is 13.6. The Bertz CT molecular complexity index is 1040. The van der Waals surface area contributed by atoms with Gasteiger partial charge in [-0.05, 0) is 52.5 Å². The molecule has 1 aliphatic carbocycles. The molecule has 0 saturated heterocycles. The largest absolute Gasteiger partial charge is 0.465 e. The molecule has 0 saturated carbocycles. The van der Waals surface area contributed by atoms with E-state index in [0.29, 0.717) is 31.5 Å². The van der Waals surface area contributed by atoms with Gasteiger partial charge in [0.2, 0.25) is 0 Å². The monoisotopic (exact) mass is 528 g/mol. The third kappa shape index (κ3) is 6.11. The number of hydrogen-bond donors (Lipinski definition) is 0. The summed E-state index contributed by atoms with van der Waals surface area (Å²) in [5.74, 6) is -2.71. The maximum absolute atomic E-state index is 13.6. The lowest BCUT2D eigenvalue weighted by molar-refractivity contribution is -0.186. The van der Waals surface area contributed by atoms with Crippen LogP contribution in [-0.4, -0.2) is 47.3 Å². The van der Waals surface area contributed by atoms with Gasteiger partial charge < -0.3 is 18.8 Å². The summed E-state index contributed by atoms with van der Waals surface area (Å²) < 4.78 is 18.2. The van der Waals surface area contributed by atoms with Crippen molar-refractivity contribution >= 4 is 17.9 Å². The van der Waals surface area contributed by atoms with E-state index in [0.717, 1.165) is 22.6 Å². The molecule has 1 aliphatic rings. The number of aryl methyl sites for hydroxylation is 2. The average Bonchev–Trinajstić information content (AvgIpc) is 3.27. The fourth-order valence-electron chi connectivity index (χ4n) is 5.03. The van der Waals surface area contributed by atoms with Gasteiger partial charge in [0.05, 0.1) is 25.5 Å². The molecule has 38 heavy (non-hydrogen) atoms. The van der Waals surface area contributed by atoms with Crippen LogP contribution in [0.5, 0.6) is 0 Å². The number of esters is 3. The number of imidazole rings is 1. The highest BCUT2D eigenvalue weighted by atomic mass is 16.6. The van der Waals surface area contributed by atoms with Gasteiger partial charge in [-0.15, -0.1) is 0 Å². The van der Waals surface area contributed by atoms with Crippen LogP contribution in [-0.2, 0) is 41.6 Å². The second kappa shape index (κ2) is 14.1. The maximum Gasteiger partial charge on any atom is 0.335 e. The van der Waals surface area contributed by atoms with E-state index in [2.05, 4.69) is 30.5 Å². The molecule has 0 aliphatic heterocycles. The number of benzene rings is 1. The van der Waals surface area contributed by atoms with E-state index in [1.165, 1.54) is 0 Å². The van der Waals surface area contributed by atoms with Crippen molar-refractivity contribution in [3.05, 3.63) is 52.6 Å². The number of rotatable bonds is 10. The SMILES string of the molecule is CC.CCOC(=O)C(C(=O)OCC)(C(=O)OCC)C1CCCc2nc(C(C)C)n(Cc3ccc(C)cc3)c21. The van der Waals surface area contributed by atoms with Crippen LogP contribution in [0.3, 0.4) is 0 Å². The Balaban J connectivity index is 0.00000247. The standard InChI is InChI=1S/C28H38N2O6.C2H6/c1-7-34-25(31)28(26(32)35-8-2,27(33)36-9-3)21-11-10-12-22-23(21)30(24(29-22)18(4)5)17-20-15-13-19(6)14-16-20;1-2/h13-16,18,21H,7-12,17H2,1-6H3;1-2H3. The number of carbonyl (C=O) groups excluding carboxylic acids is 3. The minimum absolute atomic E-state index is 0.0127. The Hall–Kier alpha value is -3.16. The van der Waals surface area contributed by atoms with Crippen molar-refractivity contribution in [1.29, 1.82) is 0 Å². The van der Waals surface area contributed by atoms with Crippen LogP contribution in [0, 0.1) is 12.3 Å². The molecule has 1 atom stereocenters. The molecular formula is C30H44N2O6. The van der Waals surface area contributed by atoms with Crippen molar-refractivity contribution in [2.24, 2.45) is 5.41 Å². The average molecular weight is 529 g/mol. The molecule has 1 aromatic heterocycles. The van der Waals surface area contributed by atoms with Crippen molar-refractivity contribution < 1.29 is 28.6 Å². The molecule has 0 radical (unpaired) electrons. The molecule has 0 spiro atoms. The van der Waals surface area contributed by atoms with Gasteiger partial charge in [0.25, 0.3) is 5.41 Å². The molecule has 0 N–H and O–H groups in total. The second-order valence-corrected chi connectivity index (χ2v) is 9.44. The summed E-state index contributed by atoms with van der Waals surface area (Å²) in [5.41, 5.74) is 1.45. The Morgan fingerprint density at radius 2 is 1.45 bits per heavy atom. The first-order valence-corrected chi connectivity index (χ1v) is 13.9. The van der Waals surface area contributed by atoms with E-state index in [4.69, 9.17) is 19.2 Å². The Labute approximate surface area is 227 Å². The zero-order valence-corrected chi connectivity index (χ0v) is 24.3. The van der Waals surface area contributed by atoms with Gasteiger partial charge in [-0.2, -0.15) is 0 Å². The van der Waals surface area contributed by atoms with E-state index >= 15 is 0 Å². The fraction of sp³-hybridized carbons (Fsp3) is 0.600. The molecule has 0 amide bonds. The second-order valence-electron chi connectivity index (χ2n) is 9.44. The smallest absolute Gasteiger partial charge is 0.335 e. The fourth-order valence-corrected chi connectivity index (χ4v) is 5.03. The first-order chi connectivity index (χ1) is 18.2. The zero-order valence-electron chi connectivity index (χ0n) is 24.3. The van der Waals surface area contributed by atoms with E-state index in [-0.39, 0.29) is 25.7 Å². The van der Waals surface area contributed by atoms with Gasteiger partial charge in [-0.25, -0.2) is 4.98 Å². The molecule has 3 rings (SSSR count). The topological polar surface area (TPSA) is 96.7 Å². The van der Waals surface area contributed by atoms with E-state index in [1.54, 1.807) is 20.8 Å². The van der Waals surface area contributed by atoms with Crippen LogP contribution in [0.4, 0.5) is 0 Å². The lowest BCUT2D eigenvalue weighted by Crippen LogP contribution is -2.54. The van der Waals surface area contributed by atoms with Crippen molar-refractivity contribution in [2.75, 3.05) is 19.8 Å². The normalized spacial score (nSPS) is 14.7. The molecule has 0 bridgehead atoms. The van der Waals surface area contributed by atoms with E-state index < -0.39 is 29.2 Å². The molecule has 210 valence electrons. The van der Waals surface area contributed by atoms with Crippen molar-refractivity contribution in [3.8, 4) is 0 Å². The highest BCUT2D eigenvalue weighted by molar-refractivity contribution is 6.19. The van der Waals surface area contributed by atoms with Crippen LogP contribution >= 0.6 is 0 Å². The summed E-state index contributed by atoms with van der Waals surface area (Å²) in [7, 11) is 0. The third-order valence-corrected chi connectivity index (χ3v) is 6.64. The van der Waals surface area contributed by atoms with Crippen LogP contribution in [0.1, 0.15) is 101 Å². The number of fused-ring (bicyclic) bond motifs is 1. The van der Waals surface area contributed by atoms with E-state index in [9.17, 15) is 14.4 Å². The lowest BCUT2D eigenvalue weighted by Gasteiger charge is -2.37. The van der Waals surface area contributed by atoms with Gasteiger partial charge in [-0.3, -0.25) is 14.4 Å². The minimum atomic E-state index is -2.27. The zero-order chi connectivity index (χ0) is 28.5. The molecule has 1 heterocycles. The summed E-state index contributed by atoms with van der Waals surface area (Å²) in [5, 5.41) is 0. The summed E-state index contributed by atoms with van der Waals surface area (Å²) >= 11 is 0. The van der Waals surface area contributed by atoms with Gasteiger partial charge in [0, 0.05) is 24.1 Å².